The number of hydrogen-bond donors (Lipinski definition) is 0. The Labute approximate surface area is 594 Å². The van der Waals surface area contributed by atoms with E-state index in [-0.39, 0.29) is 0 Å². The van der Waals surface area contributed by atoms with Gasteiger partial charge >= 0.3 is 0 Å². The van der Waals surface area contributed by atoms with Crippen LogP contribution >= 0.6 is 0 Å². The number of benzene rings is 14. The van der Waals surface area contributed by atoms with E-state index in [9.17, 15) is 0 Å². The third-order valence-corrected chi connectivity index (χ3v) is 19.9. The van der Waals surface area contributed by atoms with Crippen LogP contribution in [0, 0.1) is 0 Å². The molecule has 20 rings (SSSR count). The van der Waals surface area contributed by atoms with E-state index in [1.807, 2.05) is 54.6 Å². The standard InChI is InChI=1S/C48H32N4.C47H32N4/c1-3-14-34(15-4-1)42-32-43(35-16-5-2-6-17-35)50-48(49-42)29-27-33-26-28-47-41(30-33)40-22-9-12-25-46(40)52(47)37-19-13-18-36(31-37)51-44-23-10-7-20-38(44)39-21-8-11-24-45(39)51;1-3-14-33(15-4-1)41-31-42(34-16-5-2-6-17-34)49-47(48-41)29-32-26-27-46-40(28-32)39-22-9-12-25-45(39)51(46)36-19-13-18-35(30-36)50-43-23-10-7-20-37(43)38-21-8-11-24-44(38)50/h1-32H;1-28,30-31H,29H2/b29-27+;. The molecule has 0 aliphatic carbocycles. The van der Waals surface area contributed by atoms with Crippen molar-refractivity contribution in [2.75, 3.05) is 0 Å². The molecule has 20 aromatic rings. The number of nitrogens with zero attached hydrogens (tertiary/aromatic N) is 8. The lowest BCUT2D eigenvalue weighted by atomic mass is 10.0. The van der Waals surface area contributed by atoms with Crippen molar-refractivity contribution >= 4 is 99.4 Å². The van der Waals surface area contributed by atoms with Gasteiger partial charge in [0.05, 0.1) is 66.9 Å². The molecule has 6 aromatic heterocycles. The summed E-state index contributed by atoms with van der Waals surface area (Å²) in [4.78, 5) is 20.1. The van der Waals surface area contributed by atoms with Crippen LogP contribution in [0.15, 0.2) is 364 Å². The van der Waals surface area contributed by atoms with E-state index in [0.717, 1.165) is 84.7 Å². The summed E-state index contributed by atoms with van der Waals surface area (Å²) in [6.07, 6.45) is 4.76. The van der Waals surface area contributed by atoms with Crippen LogP contribution in [0.2, 0.25) is 0 Å². The lowest BCUT2D eigenvalue weighted by Gasteiger charge is -2.13. The van der Waals surface area contributed by atoms with Crippen molar-refractivity contribution in [3.63, 3.8) is 0 Å². The fourth-order valence-corrected chi connectivity index (χ4v) is 15.2. The van der Waals surface area contributed by atoms with Gasteiger partial charge in [0.1, 0.15) is 5.82 Å². The minimum atomic E-state index is 0.624. The average Bonchev–Trinajstić information content (AvgIpc) is 1.60. The third kappa shape index (κ3) is 11.1. The van der Waals surface area contributed by atoms with Crippen molar-refractivity contribution in [2.45, 2.75) is 6.42 Å². The molecule has 0 fully saturated rings. The summed E-state index contributed by atoms with van der Waals surface area (Å²) in [7, 11) is 0. The summed E-state index contributed by atoms with van der Waals surface area (Å²) in [5.74, 6) is 1.47. The number of aromatic nitrogens is 8. The Morgan fingerprint density at radius 2 is 0.505 bits per heavy atom. The predicted octanol–water partition coefficient (Wildman–Crippen LogP) is 23.8. The molecular weight excluding hydrogens is 1250 g/mol. The molecule has 0 bridgehead atoms. The molecule has 484 valence electrons. The molecule has 0 amide bonds. The third-order valence-electron chi connectivity index (χ3n) is 19.9. The Balaban J connectivity index is 0.000000142. The van der Waals surface area contributed by atoms with Gasteiger partial charge in [0.25, 0.3) is 0 Å². The second kappa shape index (κ2) is 25.8. The summed E-state index contributed by atoms with van der Waals surface area (Å²) in [5.41, 5.74) is 24.2. The first kappa shape index (κ1) is 60.4. The van der Waals surface area contributed by atoms with Crippen molar-refractivity contribution in [2.24, 2.45) is 0 Å². The van der Waals surface area contributed by atoms with Crippen LogP contribution in [0.4, 0.5) is 0 Å². The maximum absolute atomic E-state index is 5.08. The topological polar surface area (TPSA) is 71.3 Å². The molecular formula is C95H64N8. The highest BCUT2D eigenvalue weighted by Gasteiger charge is 2.20. The fourth-order valence-electron chi connectivity index (χ4n) is 15.2. The first-order valence-electron chi connectivity index (χ1n) is 35.0. The zero-order valence-electron chi connectivity index (χ0n) is 56.1. The highest BCUT2D eigenvalue weighted by molar-refractivity contribution is 6.13. The van der Waals surface area contributed by atoms with Crippen molar-refractivity contribution in [3.05, 3.63) is 387 Å². The van der Waals surface area contributed by atoms with Gasteiger partial charge in [0.2, 0.25) is 0 Å². The first-order chi connectivity index (χ1) is 51.1. The number of fused-ring (bicyclic) bond motifs is 12. The Morgan fingerprint density at radius 1 is 0.214 bits per heavy atom. The van der Waals surface area contributed by atoms with E-state index in [0.29, 0.717) is 12.2 Å². The van der Waals surface area contributed by atoms with Crippen LogP contribution in [-0.4, -0.2) is 38.2 Å². The molecule has 0 radical (unpaired) electrons. The largest absolute Gasteiger partial charge is 0.309 e. The molecule has 0 saturated carbocycles. The lowest BCUT2D eigenvalue weighted by molar-refractivity contribution is 0.977. The maximum Gasteiger partial charge on any atom is 0.153 e. The predicted molar refractivity (Wildman–Crippen MR) is 428 cm³/mol. The molecule has 0 atom stereocenters. The quantitative estimate of drug-likeness (QED) is 0.122. The molecule has 0 aliphatic rings. The van der Waals surface area contributed by atoms with E-state index < -0.39 is 0 Å². The monoisotopic (exact) mass is 1320 g/mol. The molecule has 0 spiro atoms. The second-order valence-corrected chi connectivity index (χ2v) is 26.1. The zero-order chi connectivity index (χ0) is 68.2. The van der Waals surface area contributed by atoms with E-state index in [4.69, 9.17) is 19.9 Å². The molecule has 0 saturated heterocycles. The van der Waals surface area contributed by atoms with Gasteiger partial charge in [-0.2, -0.15) is 0 Å². The molecule has 0 unspecified atom stereocenters. The molecule has 0 N–H and O–H groups in total. The minimum Gasteiger partial charge on any atom is -0.309 e. The Bertz CT molecular complexity index is 6420. The van der Waals surface area contributed by atoms with Gasteiger partial charge in [-0.25, -0.2) is 19.9 Å². The Kier molecular flexibility index (Phi) is 15.1. The average molecular weight is 1320 g/mol. The normalized spacial score (nSPS) is 11.7. The van der Waals surface area contributed by atoms with Crippen LogP contribution < -0.4 is 0 Å². The smallest absolute Gasteiger partial charge is 0.153 e. The molecule has 0 aliphatic heterocycles. The number of para-hydroxylation sites is 6. The van der Waals surface area contributed by atoms with E-state index in [1.54, 1.807) is 0 Å². The maximum atomic E-state index is 5.08. The van der Waals surface area contributed by atoms with Crippen molar-refractivity contribution < 1.29 is 0 Å². The second-order valence-electron chi connectivity index (χ2n) is 26.1. The summed E-state index contributed by atoms with van der Waals surface area (Å²) in [6.45, 7) is 0. The van der Waals surface area contributed by atoms with Gasteiger partial charge in [-0.05, 0) is 126 Å². The Hall–Kier alpha value is -13.8. The van der Waals surface area contributed by atoms with Crippen LogP contribution in [-0.2, 0) is 6.42 Å². The summed E-state index contributed by atoms with van der Waals surface area (Å²) >= 11 is 0. The van der Waals surface area contributed by atoms with Crippen LogP contribution in [0.5, 0.6) is 0 Å². The Morgan fingerprint density at radius 3 is 0.864 bits per heavy atom. The van der Waals surface area contributed by atoms with Gasteiger partial charge in [-0.15, -0.1) is 0 Å². The molecule has 14 aromatic carbocycles. The van der Waals surface area contributed by atoms with E-state index >= 15 is 0 Å². The zero-order valence-corrected chi connectivity index (χ0v) is 56.1. The summed E-state index contributed by atoms with van der Waals surface area (Å²) < 4.78 is 9.54. The number of hydrogen-bond acceptors (Lipinski definition) is 4. The van der Waals surface area contributed by atoms with Crippen molar-refractivity contribution in [3.8, 4) is 67.8 Å². The van der Waals surface area contributed by atoms with E-state index in [2.05, 4.69) is 340 Å². The van der Waals surface area contributed by atoms with Gasteiger partial charge < -0.3 is 18.3 Å². The van der Waals surface area contributed by atoms with Crippen molar-refractivity contribution in [1.29, 1.82) is 0 Å². The SMILES string of the molecule is C(=C\c1nc(-c2ccccc2)cc(-c2ccccc2)n1)/c1ccc2c(c1)c1ccccc1n2-c1cccc(-n2c3ccccc3c3ccccc32)c1.c1ccc(-c2cc(-c3ccccc3)nc(Cc3ccc4c(c3)c3ccccc3n4-c3cccc(-n4c5ccccc5c5ccccc54)c3)n2)cc1. The molecule has 8 nitrogen and oxygen atoms in total. The number of rotatable bonds is 12. The lowest BCUT2D eigenvalue weighted by Crippen LogP contribution is -2.01. The summed E-state index contributed by atoms with van der Waals surface area (Å²) in [6, 6.07) is 129. The minimum absolute atomic E-state index is 0.624. The summed E-state index contributed by atoms with van der Waals surface area (Å²) in [5, 5.41) is 9.89. The van der Waals surface area contributed by atoms with Crippen LogP contribution in [0.1, 0.15) is 22.8 Å². The fraction of sp³-hybridized carbons (Fsp3) is 0.0105. The van der Waals surface area contributed by atoms with Crippen LogP contribution in [0.3, 0.4) is 0 Å². The van der Waals surface area contributed by atoms with Gasteiger partial charge in [0.15, 0.2) is 5.82 Å². The van der Waals surface area contributed by atoms with Crippen molar-refractivity contribution in [1.82, 2.24) is 38.2 Å². The molecule has 6 heterocycles. The highest BCUT2D eigenvalue weighted by atomic mass is 15.0. The molecule has 103 heavy (non-hydrogen) atoms. The van der Waals surface area contributed by atoms with E-state index in [1.165, 1.54) is 87.3 Å². The molecule has 8 heteroatoms. The van der Waals surface area contributed by atoms with Crippen LogP contribution in [0.25, 0.3) is 167 Å². The van der Waals surface area contributed by atoms with Gasteiger partial charge in [-0.1, -0.05) is 261 Å². The first-order valence-corrected chi connectivity index (χ1v) is 35.0. The highest BCUT2D eigenvalue weighted by Crippen LogP contribution is 2.40. The van der Waals surface area contributed by atoms with Gasteiger partial charge in [0, 0.05) is 94.5 Å². The van der Waals surface area contributed by atoms with Gasteiger partial charge in [-0.3, -0.25) is 0 Å².